The van der Waals surface area contributed by atoms with Crippen LogP contribution in [0.4, 0.5) is 0 Å². The maximum absolute atomic E-state index is 3.55. The Bertz CT molecular complexity index is 100. The van der Waals surface area contributed by atoms with E-state index in [9.17, 15) is 0 Å². The molecule has 1 rings (SSSR count). The van der Waals surface area contributed by atoms with Crippen LogP contribution in [0, 0.1) is 5.92 Å². The second-order valence-electron chi connectivity index (χ2n) is 3.70. The van der Waals surface area contributed by atoms with Gasteiger partial charge < -0.3 is 5.32 Å². The summed E-state index contributed by atoms with van der Waals surface area (Å²) in [7, 11) is 0. The number of hydrogen-bond acceptors (Lipinski definition) is 2. The molecule has 1 N–H and O–H groups in total. The molecule has 0 bridgehead atoms. The lowest BCUT2D eigenvalue weighted by Crippen LogP contribution is -2.22. The van der Waals surface area contributed by atoms with E-state index in [1.165, 1.54) is 50.9 Å². The summed E-state index contributed by atoms with van der Waals surface area (Å²) < 4.78 is 0. The molecule has 0 aliphatic heterocycles. The molecule has 0 spiro atoms. The zero-order chi connectivity index (χ0) is 8.65. The molecule has 0 amide bonds. The van der Waals surface area contributed by atoms with E-state index in [0.29, 0.717) is 0 Å². The lowest BCUT2D eigenvalue weighted by Gasteiger charge is -2.09. The molecule has 1 aliphatic rings. The van der Waals surface area contributed by atoms with Gasteiger partial charge in [-0.15, -0.1) is 0 Å². The van der Waals surface area contributed by atoms with Gasteiger partial charge in [-0.1, -0.05) is 12.8 Å². The standard InChI is InChI=1S/C10H21NS/c1-12-8-4-7-11-9-10-5-2-3-6-10/h10-11H,2-9H2,1H3. The van der Waals surface area contributed by atoms with E-state index < -0.39 is 0 Å². The second kappa shape index (κ2) is 6.79. The highest BCUT2D eigenvalue weighted by atomic mass is 32.2. The highest BCUT2D eigenvalue weighted by molar-refractivity contribution is 7.98. The molecule has 0 aromatic carbocycles. The summed E-state index contributed by atoms with van der Waals surface area (Å²) in [5, 5.41) is 3.55. The van der Waals surface area contributed by atoms with Gasteiger partial charge in [0.25, 0.3) is 0 Å². The van der Waals surface area contributed by atoms with Gasteiger partial charge in [-0.3, -0.25) is 0 Å². The van der Waals surface area contributed by atoms with Gasteiger partial charge in [-0.05, 0) is 50.3 Å². The number of nitrogens with one attached hydrogen (secondary N) is 1. The number of thioether (sulfide) groups is 1. The smallest absolute Gasteiger partial charge is 0.00205 e. The van der Waals surface area contributed by atoms with Gasteiger partial charge in [0.1, 0.15) is 0 Å². The topological polar surface area (TPSA) is 12.0 Å². The van der Waals surface area contributed by atoms with E-state index in [2.05, 4.69) is 11.6 Å². The van der Waals surface area contributed by atoms with Crippen molar-refractivity contribution in [1.82, 2.24) is 5.32 Å². The van der Waals surface area contributed by atoms with Gasteiger partial charge in [0.05, 0.1) is 0 Å². The van der Waals surface area contributed by atoms with E-state index in [-0.39, 0.29) is 0 Å². The first-order valence-electron chi connectivity index (χ1n) is 5.13. The fourth-order valence-electron chi connectivity index (χ4n) is 1.86. The Labute approximate surface area is 80.7 Å². The minimum Gasteiger partial charge on any atom is -0.316 e. The Kier molecular flexibility index (Phi) is 5.88. The van der Waals surface area contributed by atoms with Crippen molar-refractivity contribution in [3.63, 3.8) is 0 Å². The SMILES string of the molecule is CSCCCNCC1CCCC1. The predicted molar refractivity (Wildman–Crippen MR) is 57.8 cm³/mol. The first-order valence-corrected chi connectivity index (χ1v) is 6.52. The summed E-state index contributed by atoms with van der Waals surface area (Å²) in [4.78, 5) is 0. The fraction of sp³-hybridized carbons (Fsp3) is 1.00. The maximum Gasteiger partial charge on any atom is -0.00205 e. The molecule has 0 heterocycles. The monoisotopic (exact) mass is 187 g/mol. The minimum absolute atomic E-state index is 0.999. The zero-order valence-electron chi connectivity index (χ0n) is 8.14. The largest absolute Gasteiger partial charge is 0.316 e. The van der Waals surface area contributed by atoms with E-state index in [4.69, 9.17) is 0 Å². The molecule has 72 valence electrons. The molecular formula is C10H21NS. The molecule has 0 saturated heterocycles. The molecule has 0 aromatic rings. The van der Waals surface area contributed by atoms with Gasteiger partial charge >= 0.3 is 0 Å². The van der Waals surface area contributed by atoms with Crippen molar-refractivity contribution < 1.29 is 0 Å². The van der Waals surface area contributed by atoms with E-state index in [0.717, 1.165) is 5.92 Å². The quantitative estimate of drug-likeness (QED) is 0.641. The molecule has 0 radical (unpaired) electrons. The molecule has 0 unspecified atom stereocenters. The molecular weight excluding hydrogens is 166 g/mol. The van der Waals surface area contributed by atoms with Crippen molar-refractivity contribution >= 4 is 11.8 Å². The zero-order valence-corrected chi connectivity index (χ0v) is 8.96. The fourth-order valence-corrected chi connectivity index (χ4v) is 2.30. The van der Waals surface area contributed by atoms with Crippen molar-refractivity contribution in [2.75, 3.05) is 25.1 Å². The van der Waals surface area contributed by atoms with Crippen molar-refractivity contribution in [1.29, 1.82) is 0 Å². The maximum atomic E-state index is 3.55. The molecule has 0 atom stereocenters. The van der Waals surface area contributed by atoms with Gasteiger partial charge in [-0.25, -0.2) is 0 Å². The van der Waals surface area contributed by atoms with Crippen LogP contribution in [-0.2, 0) is 0 Å². The molecule has 12 heavy (non-hydrogen) atoms. The Hall–Kier alpha value is 0.310. The normalized spacial score (nSPS) is 18.8. The molecule has 0 aromatic heterocycles. The van der Waals surface area contributed by atoms with Crippen LogP contribution in [0.5, 0.6) is 0 Å². The van der Waals surface area contributed by atoms with Crippen molar-refractivity contribution in [2.45, 2.75) is 32.1 Å². The third-order valence-electron chi connectivity index (χ3n) is 2.61. The third kappa shape index (κ3) is 4.36. The minimum atomic E-state index is 0.999. The van der Waals surface area contributed by atoms with Gasteiger partial charge in [-0.2, -0.15) is 11.8 Å². The van der Waals surface area contributed by atoms with Crippen LogP contribution >= 0.6 is 11.8 Å². The Morgan fingerprint density at radius 3 is 2.75 bits per heavy atom. The third-order valence-corrected chi connectivity index (χ3v) is 3.31. The van der Waals surface area contributed by atoms with E-state index in [1.54, 1.807) is 0 Å². The average Bonchev–Trinajstić information content (AvgIpc) is 2.57. The summed E-state index contributed by atoms with van der Waals surface area (Å²) in [5.41, 5.74) is 0. The molecule has 2 heteroatoms. The summed E-state index contributed by atoms with van der Waals surface area (Å²) >= 11 is 1.94. The lowest BCUT2D eigenvalue weighted by molar-refractivity contribution is 0.490. The van der Waals surface area contributed by atoms with Gasteiger partial charge in [0.2, 0.25) is 0 Å². The molecule has 1 fully saturated rings. The van der Waals surface area contributed by atoms with Crippen LogP contribution in [0.2, 0.25) is 0 Å². The summed E-state index contributed by atoms with van der Waals surface area (Å²) in [6.45, 7) is 2.49. The second-order valence-corrected chi connectivity index (χ2v) is 4.69. The van der Waals surface area contributed by atoms with Gasteiger partial charge in [0.15, 0.2) is 0 Å². The van der Waals surface area contributed by atoms with Crippen LogP contribution in [0.15, 0.2) is 0 Å². The van der Waals surface area contributed by atoms with Crippen molar-refractivity contribution in [3.05, 3.63) is 0 Å². The molecule has 1 aliphatic carbocycles. The van der Waals surface area contributed by atoms with Crippen molar-refractivity contribution in [3.8, 4) is 0 Å². The first-order chi connectivity index (χ1) is 5.93. The predicted octanol–water partition coefficient (Wildman–Crippen LogP) is 2.52. The summed E-state index contributed by atoms with van der Waals surface area (Å²) in [5.74, 6) is 2.30. The van der Waals surface area contributed by atoms with Crippen LogP contribution in [0.25, 0.3) is 0 Å². The van der Waals surface area contributed by atoms with Crippen LogP contribution in [-0.4, -0.2) is 25.1 Å². The Morgan fingerprint density at radius 2 is 2.08 bits per heavy atom. The van der Waals surface area contributed by atoms with Crippen LogP contribution in [0.3, 0.4) is 0 Å². The van der Waals surface area contributed by atoms with Crippen LogP contribution < -0.4 is 5.32 Å². The molecule has 1 nitrogen and oxygen atoms in total. The Balaban J connectivity index is 1.81. The lowest BCUT2D eigenvalue weighted by atomic mass is 10.1. The Morgan fingerprint density at radius 1 is 1.33 bits per heavy atom. The highest BCUT2D eigenvalue weighted by Crippen LogP contribution is 2.23. The summed E-state index contributed by atoms with van der Waals surface area (Å²) in [6.07, 6.45) is 9.38. The highest BCUT2D eigenvalue weighted by Gasteiger charge is 2.13. The summed E-state index contributed by atoms with van der Waals surface area (Å²) in [6, 6.07) is 0. The van der Waals surface area contributed by atoms with E-state index in [1.807, 2.05) is 11.8 Å². The first kappa shape index (κ1) is 10.4. The number of rotatable bonds is 6. The number of hydrogen-bond donors (Lipinski definition) is 1. The van der Waals surface area contributed by atoms with Crippen LogP contribution in [0.1, 0.15) is 32.1 Å². The van der Waals surface area contributed by atoms with Crippen molar-refractivity contribution in [2.24, 2.45) is 5.92 Å². The van der Waals surface area contributed by atoms with Gasteiger partial charge in [0, 0.05) is 0 Å². The molecule has 1 saturated carbocycles. The van der Waals surface area contributed by atoms with E-state index >= 15 is 0 Å². The average molecular weight is 187 g/mol.